The van der Waals surface area contributed by atoms with Gasteiger partial charge in [0, 0.05) is 14.9 Å². The number of fused-ring (bicyclic) bond motifs is 1. The van der Waals surface area contributed by atoms with Crippen molar-refractivity contribution >= 4 is 51.4 Å². The molecule has 0 spiro atoms. The zero-order valence-electron chi connectivity index (χ0n) is 11.0. The van der Waals surface area contributed by atoms with Crippen molar-refractivity contribution in [1.29, 1.82) is 0 Å². The molecule has 1 heterocycles. The second-order valence-electron chi connectivity index (χ2n) is 4.58. The summed E-state index contributed by atoms with van der Waals surface area (Å²) in [7, 11) is 0. The van der Waals surface area contributed by atoms with Gasteiger partial charge in [-0.1, -0.05) is 12.6 Å². The Labute approximate surface area is 136 Å². The molecular weight excluding hydrogens is 379 g/mol. The van der Waals surface area contributed by atoms with E-state index in [0.29, 0.717) is 5.69 Å². The number of hydrogen-bond donors (Lipinski definition) is 4. The third-order valence-corrected chi connectivity index (χ3v) is 3.60. The molecule has 0 aromatic heterocycles. The molecular formula is C15H13IN4O. The van der Waals surface area contributed by atoms with Gasteiger partial charge in [0.05, 0.1) is 11.4 Å². The number of anilines is 4. The molecule has 1 aliphatic heterocycles. The van der Waals surface area contributed by atoms with Crippen LogP contribution in [0.3, 0.4) is 0 Å². The molecule has 0 radical (unpaired) electrons. The molecule has 0 bridgehead atoms. The summed E-state index contributed by atoms with van der Waals surface area (Å²) in [5.74, 6) is 0.727. The summed E-state index contributed by atoms with van der Waals surface area (Å²) in [6.07, 6.45) is 0. The Morgan fingerprint density at radius 2 is 1.71 bits per heavy atom. The average molecular weight is 392 g/mol. The Morgan fingerprint density at radius 1 is 1.00 bits per heavy atom. The first-order valence-corrected chi connectivity index (χ1v) is 7.38. The van der Waals surface area contributed by atoms with Crippen molar-refractivity contribution < 1.29 is 4.79 Å². The van der Waals surface area contributed by atoms with Crippen LogP contribution in [-0.2, 0) is 0 Å². The maximum absolute atomic E-state index is 12.0. The second-order valence-corrected chi connectivity index (χ2v) is 5.82. The van der Waals surface area contributed by atoms with Crippen molar-refractivity contribution in [2.45, 2.75) is 0 Å². The molecule has 0 saturated heterocycles. The first-order valence-electron chi connectivity index (χ1n) is 6.31. The van der Waals surface area contributed by atoms with Gasteiger partial charge < -0.3 is 21.3 Å². The number of benzene rings is 2. The number of amides is 2. The zero-order valence-corrected chi connectivity index (χ0v) is 13.2. The summed E-state index contributed by atoms with van der Waals surface area (Å²) in [4.78, 5) is 12.0. The fourth-order valence-electron chi connectivity index (χ4n) is 2.05. The maximum atomic E-state index is 12.0. The molecule has 2 amide bonds. The van der Waals surface area contributed by atoms with E-state index in [1.165, 1.54) is 0 Å². The number of halogens is 1. The number of urea groups is 1. The van der Waals surface area contributed by atoms with Crippen molar-refractivity contribution in [2.24, 2.45) is 0 Å². The highest BCUT2D eigenvalue weighted by atomic mass is 127. The minimum absolute atomic E-state index is 0.276. The van der Waals surface area contributed by atoms with Crippen molar-refractivity contribution in [2.75, 3.05) is 21.3 Å². The highest BCUT2D eigenvalue weighted by Crippen LogP contribution is 2.32. The van der Waals surface area contributed by atoms with Crippen LogP contribution in [0.4, 0.5) is 27.5 Å². The SMILES string of the molecule is C=C1Nc2ccc(NC(=O)Nc3cccc(I)c3)cc2N1. The summed E-state index contributed by atoms with van der Waals surface area (Å²) >= 11 is 2.20. The topological polar surface area (TPSA) is 65.2 Å². The predicted molar refractivity (Wildman–Crippen MR) is 94.6 cm³/mol. The first-order chi connectivity index (χ1) is 10.1. The van der Waals surface area contributed by atoms with Crippen LogP contribution in [0.15, 0.2) is 54.9 Å². The third kappa shape index (κ3) is 3.27. The van der Waals surface area contributed by atoms with E-state index in [4.69, 9.17) is 0 Å². The lowest BCUT2D eigenvalue weighted by Gasteiger charge is -2.09. The molecule has 6 heteroatoms. The number of carbonyl (C=O) groups excluding carboxylic acids is 1. The molecule has 0 aliphatic carbocycles. The number of hydrogen-bond acceptors (Lipinski definition) is 3. The number of nitrogens with one attached hydrogen (secondary N) is 4. The first kappa shape index (κ1) is 13.7. The molecule has 0 saturated carbocycles. The van der Waals surface area contributed by atoms with Crippen LogP contribution in [0.25, 0.3) is 0 Å². The lowest BCUT2D eigenvalue weighted by molar-refractivity contribution is 0.262. The van der Waals surface area contributed by atoms with E-state index in [0.717, 1.165) is 26.5 Å². The summed E-state index contributed by atoms with van der Waals surface area (Å²) < 4.78 is 1.07. The molecule has 0 unspecified atom stereocenters. The van der Waals surface area contributed by atoms with Gasteiger partial charge in [0.1, 0.15) is 5.82 Å². The molecule has 5 nitrogen and oxygen atoms in total. The van der Waals surface area contributed by atoms with E-state index in [-0.39, 0.29) is 6.03 Å². The van der Waals surface area contributed by atoms with E-state index in [9.17, 15) is 4.79 Å². The van der Waals surface area contributed by atoms with Crippen LogP contribution in [0.2, 0.25) is 0 Å². The van der Waals surface area contributed by atoms with Crippen molar-refractivity contribution in [3.8, 4) is 0 Å². The Balaban J connectivity index is 1.68. The third-order valence-electron chi connectivity index (χ3n) is 2.93. The standard InChI is InChI=1S/C15H13IN4O/c1-9-17-13-6-5-12(8-14(13)18-9)20-15(21)19-11-4-2-3-10(16)7-11/h2-8,17-18H,1H2,(H2,19,20,21). The van der Waals surface area contributed by atoms with Gasteiger partial charge in [-0.25, -0.2) is 4.79 Å². The van der Waals surface area contributed by atoms with Gasteiger partial charge in [0.15, 0.2) is 0 Å². The van der Waals surface area contributed by atoms with Gasteiger partial charge in [-0.15, -0.1) is 0 Å². The fraction of sp³-hybridized carbons (Fsp3) is 0. The molecule has 1 aliphatic rings. The zero-order chi connectivity index (χ0) is 14.8. The molecule has 2 aromatic carbocycles. The summed E-state index contributed by atoms with van der Waals surface area (Å²) in [5, 5.41) is 11.8. The second kappa shape index (κ2) is 5.65. The van der Waals surface area contributed by atoms with Gasteiger partial charge in [-0.3, -0.25) is 0 Å². The minimum atomic E-state index is -0.276. The highest BCUT2D eigenvalue weighted by Gasteiger charge is 2.13. The van der Waals surface area contributed by atoms with Crippen molar-refractivity contribution in [3.63, 3.8) is 0 Å². The molecule has 3 rings (SSSR count). The van der Waals surface area contributed by atoms with E-state index >= 15 is 0 Å². The number of rotatable bonds is 2. The maximum Gasteiger partial charge on any atom is 0.323 e. The Morgan fingerprint density at radius 3 is 2.48 bits per heavy atom. The predicted octanol–water partition coefficient (Wildman–Crippen LogP) is 4.24. The lowest BCUT2D eigenvalue weighted by Crippen LogP contribution is -2.19. The van der Waals surface area contributed by atoms with Gasteiger partial charge >= 0.3 is 6.03 Å². The van der Waals surface area contributed by atoms with E-state index in [1.807, 2.05) is 42.5 Å². The minimum Gasteiger partial charge on any atom is -0.341 e. The smallest absolute Gasteiger partial charge is 0.323 e. The molecule has 2 aromatic rings. The molecule has 0 atom stereocenters. The largest absolute Gasteiger partial charge is 0.341 e. The quantitative estimate of drug-likeness (QED) is 0.578. The average Bonchev–Trinajstić information content (AvgIpc) is 2.78. The van der Waals surface area contributed by atoms with Gasteiger partial charge in [0.25, 0.3) is 0 Å². The van der Waals surface area contributed by atoms with Gasteiger partial charge in [-0.05, 0) is 59.0 Å². The molecule has 106 valence electrons. The summed E-state index contributed by atoms with van der Waals surface area (Å²) in [6, 6.07) is 12.9. The highest BCUT2D eigenvalue weighted by molar-refractivity contribution is 14.1. The lowest BCUT2D eigenvalue weighted by atomic mass is 10.2. The van der Waals surface area contributed by atoms with Crippen LogP contribution in [0.1, 0.15) is 0 Å². The normalized spacial score (nSPS) is 12.1. The van der Waals surface area contributed by atoms with Crippen LogP contribution in [0, 0.1) is 3.57 Å². The van der Waals surface area contributed by atoms with Crippen molar-refractivity contribution in [1.82, 2.24) is 0 Å². The molecule has 4 N–H and O–H groups in total. The Bertz CT molecular complexity index is 729. The Hall–Kier alpha value is -2.22. The van der Waals surface area contributed by atoms with Crippen molar-refractivity contribution in [3.05, 3.63) is 58.4 Å². The molecule has 0 fully saturated rings. The van der Waals surface area contributed by atoms with Gasteiger partial charge in [0.2, 0.25) is 0 Å². The van der Waals surface area contributed by atoms with Gasteiger partial charge in [-0.2, -0.15) is 0 Å². The number of carbonyl (C=O) groups is 1. The molecule has 21 heavy (non-hydrogen) atoms. The summed E-state index contributed by atoms with van der Waals surface area (Å²) in [5.41, 5.74) is 3.31. The van der Waals surface area contributed by atoms with E-state index in [2.05, 4.69) is 50.4 Å². The van der Waals surface area contributed by atoms with E-state index < -0.39 is 0 Å². The monoisotopic (exact) mass is 392 g/mol. The van der Waals surface area contributed by atoms with Crippen LogP contribution in [-0.4, -0.2) is 6.03 Å². The van der Waals surface area contributed by atoms with Crippen LogP contribution in [0.5, 0.6) is 0 Å². The summed E-state index contributed by atoms with van der Waals surface area (Å²) in [6.45, 7) is 3.80. The Kier molecular flexibility index (Phi) is 3.70. The van der Waals surface area contributed by atoms with Crippen LogP contribution < -0.4 is 21.3 Å². The fourth-order valence-corrected chi connectivity index (χ4v) is 2.59. The van der Waals surface area contributed by atoms with Crippen LogP contribution >= 0.6 is 22.6 Å². The van der Waals surface area contributed by atoms with E-state index in [1.54, 1.807) is 0 Å².